The average Bonchev–Trinajstić information content (AvgIpc) is 2.86. The Morgan fingerprint density at radius 2 is 2.26 bits per heavy atom. The molecule has 5 heteroatoms. The van der Waals surface area contributed by atoms with E-state index in [9.17, 15) is 0 Å². The zero-order chi connectivity index (χ0) is 13.7. The van der Waals surface area contributed by atoms with Gasteiger partial charge in [-0.3, -0.25) is 0 Å². The van der Waals surface area contributed by atoms with E-state index in [1.54, 1.807) is 11.3 Å². The summed E-state index contributed by atoms with van der Waals surface area (Å²) in [5.41, 5.74) is 2.04. The van der Waals surface area contributed by atoms with Crippen LogP contribution >= 0.6 is 22.9 Å². The molecular formula is C14H17ClN2OS. The number of benzene rings is 1. The first-order chi connectivity index (χ1) is 9.22. The van der Waals surface area contributed by atoms with Crippen molar-refractivity contribution in [2.24, 2.45) is 0 Å². The molecule has 0 saturated heterocycles. The molecule has 2 rings (SSSR count). The van der Waals surface area contributed by atoms with Crippen molar-refractivity contribution in [3.05, 3.63) is 44.9 Å². The van der Waals surface area contributed by atoms with Crippen LogP contribution in [0.4, 0.5) is 0 Å². The van der Waals surface area contributed by atoms with Gasteiger partial charge in [0.25, 0.3) is 0 Å². The van der Waals surface area contributed by atoms with Gasteiger partial charge >= 0.3 is 0 Å². The molecular weight excluding hydrogens is 280 g/mol. The number of halogens is 1. The van der Waals surface area contributed by atoms with E-state index < -0.39 is 0 Å². The third-order valence-electron chi connectivity index (χ3n) is 2.67. The molecule has 0 aliphatic heterocycles. The Morgan fingerprint density at radius 1 is 1.42 bits per heavy atom. The lowest BCUT2D eigenvalue weighted by Gasteiger charge is -2.10. The van der Waals surface area contributed by atoms with Gasteiger partial charge in [0.05, 0.1) is 10.7 Å². The molecule has 0 atom stereocenters. The van der Waals surface area contributed by atoms with E-state index in [-0.39, 0.29) is 0 Å². The Balaban J connectivity index is 2.05. The van der Waals surface area contributed by atoms with Gasteiger partial charge in [0.1, 0.15) is 12.4 Å². The van der Waals surface area contributed by atoms with Gasteiger partial charge in [-0.15, -0.1) is 11.3 Å². The van der Waals surface area contributed by atoms with Crippen LogP contribution < -0.4 is 10.1 Å². The van der Waals surface area contributed by atoms with Gasteiger partial charge < -0.3 is 10.1 Å². The maximum absolute atomic E-state index is 6.00. The second-order valence-corrected chi connectivity index (χ2v) is 5.54. The van der Waals surface area contributed by atoms with Crippen molar-refractivity contribution in [3.63, 3.8) is 0 Å². The minimum atomic E-state index is 0.495. The van der Waals surface area contributed by atoms with Crippen LogP contribution in [-0.4, -0.2) is 12.0 Å². The average molecular weight is 297 g/mol. The van der Waals surface area contributed by atoms with Crippen molar-refractivity contribution in [2.45, 2.75) is 26.5 Å². The molecule has 1 heterocycles. The van der Waals surface area contributed by atoms with Crippen molar-refractivity contribution in [1.82, 2.24) is 10.3 Å². The molecule has 1 N–H and O–H groups in total. The summed E-state index contributed by atoms with van der Waals surface area (Å²) >= 11 is 7.67. The maximum Gasteiger partial charge on any atom is 0.131 e. The number of nitrogens with one attached hydrogen (secondary N) is 1. The number of hydrogen-bond acceptors (Lipinski definition) is 4. The highest BCUT2D eigenvalue weighted by Crippen LogP contribution is 2.24. The van der Waals surface area contributed by atoms with E-state index >= 15 is 0 Å². The van der Waals surface area contributed by atoms with Crippen molar-refractivity contribution >= 4 is 22.9 Å². The molecule has 1 aromatic heterocycles. The molecule has 0 amide bonds. The molecule has 0 fully saturated rings. The molecule has 2 aromatic rings. The van der Waals surface area contributed by atoms with Gasteiger partial charge in [-0.05, 0) is 31.7 Å². The fourth-order valence-corrected chi connectivity index (χ4v) is 2.67. The topological polar surface area (TPSA) is 34.1 Å². The van der Waals surface area contributed by atoms with Crippen LogP contribution in [0.3, 0.4) is 0 Å². The van der Waals surface area contributed by atoms with Gasteiger partial charge in [0, 0.05) is 22.5 Å². The molecule has 0 aliphatic rings. The Bertz CT molecular complexity index is 542. The molecule has 0 unspecified atom stereocenters. The third-order valence-corrected chi connectivity index (χ3v) is 3.94. The van der Waals surface area contributed by atoms with Crippen molar-refractivity contribution in [2.75, 3.05) is 7.05 Å². The quantitative estimate of drug-likeness (QED) is 0.883. The number of rotatable bonds is 6. The van der Waals surface area contributed by atoms with E-state index in [0.29, 0.717) is 6.61 Å². The standard InChI is InChI=1S/C14H17ClN2OS/c1-3-14-17-12(9-19-14)8-18-13-5-4-11(15)6-10(13)7-16-2/h4-6,9,16H,3,7-8H2,1-2H3. The predicted molar refractivity (Wildman–Crippen MR) is 80.0 cm³/mol. The highest BCUT2D eigenvalue weighted by molar-refractivity contribution is 7.09. The van der Waals surface area contributed by atoms with E-state index in [1.165, 1.54) is 0 Å². The maximum atomic E-state index is 6.00. The molecule has 0 radical (unpaired) electrons. The van der Waals surface area contributed by atoms with Crippen LogP contribution in [0.1, 0.15) is 23.2 Å². The minimum absolute atomic E-state index is 0.495. The highest BCUT2D eigenvalue weighted by Gasteiger charge is 2.06. The molecule has 1 aromatic carbocycles. The fraction of sp³-hybridized carbons (Fsp3) is 0.357. The van der Waals surface area contributed by atoms with Crippen LogP contribution in [0, 0.1) is 0 Å². The third kappa shape index (κ3) is 3.93. The molecule has 0 bridgehead atoms. The van der Waals surface area contributed by atoms with Gasteiger partial charge in [-0.2, -0.15) is 0 Å². The highest BCUT2D eigenvalue weighted by atomic mass is 35.5. The van der Waals surface area contributed by atoms with Crippen LogP contribution in [0.15, 0.2) is 23.6 Å². The Morgan fingerprint density at radius 3 is 2.95 bits per heavy atom. The second-order valence-electron chi connectivity index (χ2n) is 4.16. The number of ether oxygens (including phenoxy) is 1. The molecule has 0 spiro atoms. The molecule has 0 saturated carbocycles. The normalized spacial score (nSPS) is 10.7. The monoisotopic (exact) mass is 296 g/mol. The lowest BCUT2D eigenvalue weighted by molar-refractivity contribution is 0.298. The van der Waals surface area contributed by atoms with Crippen LogP contribution in [0.25, 0.3) is 0 Å². The lowest BCUT2D eigenvalue weighted by atomic mass is 10.2. The summed E-state index contributed by atoms with van der Waals surface area (Å²) in [6, 6.07) is 5.67. The smallest absolute Gasteiger partial charge is 0.131 e. The largest absolute Gasteiger partial charge is 0.487 e. The fourth-order valence-electron chi connectivity index (χ4n) is 1.75. The van der Waals surface area contributed by atoms with E-state index in [2.05, 4.69) is 17.2 Å². The minimum Gasteiger partial charge on any atom is -0.487 e. The number of hydrogen-bond donors (Lipinski definition) is 1. The summed E-state index contributed by atoms with van der Waals surface area (Å²) < 4.78 is 5.83. The number of aromatic nitrogens is 1. The lowest BCUT2D eigenvalue weighted by Crippen LogP contribution is -2.07. The molecule has 19 heavy (non-hydrogen) atoms. The van der Waals surface area contributed by atoms with Crippen molar-refractivity contribution < 1.29 is 4.74 Å². The van der Waals surface area contributed by atoms with Crippen LogP contribution in [-0.2, 0) is 19.6 Å². The first kappa shape index (κ1) is 14.3. The SMILES string of the molecule is CCc1nc(COc2ccc(Cl)cc2CNC)cs1. The molecule has 3 nitrogen and oxygen atoms in total. The second kappa shape index (κ2) is 6.89. The van der Waals surface area contributed by atoms with Gasteiger partial charge in [-0.1, -0.05) is 18.5 Å². The van der Waals surface area contributed by atoms with Crippen LogP contribution in [0.5, 0.6) is 5.75 Å². The predicted octanol–water partition coefficient (Wildman–Crippen LogP) is 3.66. The van der Waals surface area contributed by atoms with Crippen LogP contribution in [0.2, 0.25) is 5.02 Å². The molecule has 0 aliphatic carbocycles. The Hall–Kier alpha value is -1.10. The summed E-state index contributed by atoms with van der Waals surface area (Å²) in [6.07, 6.45) is 0.969. The summed E-state index contributed by atoms with van der Waals surface area (Å²) in [5.74, 6) is 0.852. The van der Waals surface area contributed by atoms with Gasteiger partial charge in [0.2, 0.25) is 0 Å². The van der Waals surface area contributed by atoms with Gasteiger partial charge in [-0.25, -0.2) is 4.98 Å². The zero-order valence-electron chi connectivity index (χ0n) is 11.1. The molecule has 102 valence electrons. The van der Waals surface area contributed by atoms with E-state index in [4.69, 9.17) is 16.3 Å². The van der Waals surface area contributed by atoms with Crippen molar-refractivity contribution in [3.8, 4) is 5.75 Å². The Kier molecular flexibility index (Phi) is 5.19. The summed E-state index contributed by atoms with van der Waals surface area (Å²) in [6.45, 7) is 3.33. The number of nitrogens with zero attached hydrogens (tertiary/aromatic N) is 1. The number of aryl methyl sites for hydroxylation is 1. The Labute approximate surface area is 122 Å². The van der Waals surface area contributed by atoms with Gasteiger partial charge in [0.15, 0.2) is 0 Å². The summed E-state index contributed by atoms with van der Waals surface area (Å²) in [7, 11) is 1.90. The van der Waals surface area contributed by atoms with E-state index in [1.807, 2.05) is 30.6 Å². The first-order valence-corrected chi connectivity index (χ1v) is 7.47. The number of thiazole rings is 1. The van der Waals surface area contributed by atoms with Crippen molar-refractivity contribution in [1.29, 1.82) is 0 Å². The summed E-state index contributed by atoms with van der Waals surface area (Å²) in [4.78, 5) is 4.49. The first-order valence-electron chi connectivity index (χ1n) is 6.22. The summed E-state index contributed by atoms with van der Waals surface area (Å²) in [5, 5.41) is 7.02. The zero-order valence-corrected chi connectivity index (χ0v) is 12.6. The van der Waals surface area contributed by atoms with E-state index in [0.717, 1.165) is 40.0 Å².